The number of hydrogen-bond donors (Lipinski definition) is 2. The van der Waals surface area contributed by atoms with E-state index in [2.05, 4.69) is 4.74 Å². The Bertz CT molecular complexity index is 143. The first-order chi connectivity index (χ1) is 5.41. The third-order valence-electron chi connectivity index (χ3n) is 0.658. The van der Waals surface area contributed by atoms with E-state index in [9.17, 15) is 4.79 Å². The summed E-state index contributed by atoms with van der Waals surface area (Å²) in [6, 6.07) is -0.491. The van der Waals surface area contributed by atoms with E-state index in [-0.39, 0.29) is 5.97 Å². The lowest BCUT2D eigenvalue weighted by Gasteiger charge is -2.02. The molecule has 12 heavy (non-hydrogen) atoms. The summed E-state index contributed by atoms with van der Waals surface area (Å²) in [6.45, 7) is 3.75. The molecule has 0 aliphatic rings. The minimum absolute atomic E-state index is 0.340. The molecule has 1 atom stereocenters. The van der Waals surface area contributed by atoms with Crippen molar-refractivity contribution in [1.82, 2.24) is 0 Å². The molecule has 0 amide bonds. The van der Waals surface area contributed by atoms with Crippen LogP contribution in [0.3, 0.4) is 0 Å². The number of nitrogens with two attached hydrogens (primary N) is 1. The maximum atomic E-state index is 10.4. The zero-order valence-corrected chi connectivity index (χ0v) is 6.89. The van der Waals surface area contributed by atoms with Gasteiger partial charge < -0.3 is 15.7 Å². The van der Waals surface area contributed by atoms with Gasteiger partial charge >= 0.3 is 5.97 Å². The van der Waals surface area contributed by atoms with Crippen molar-refractivity contribution in [3.8, 4) is 0 Å². The Morgan fingerprint density at radius 2 is 2.17 bits per heavy atom. The zero-order chi connectivity index (χ0) is 10.1. The molecule has 7 heteroatoms. The Labute approximate surface area is 69.2 Å². The Balaban J connectivity index is 0. The Hall–Kier alpha value is -1.37. The fourth-order valence-corrected chi connectivity index (χ4v) is 0.274. The number of nitrogens with zero attached hydrogens (tertiary/aromatic N) is 1. The maximum absolute atomic E-state index is 10.4. The molecule has 0 aromatic rings. The van der Waals surface area contributed by atoms with Crippen LogP contribution in [-0.4, -0.2) is 28.9 Å². The number of rotatable bonds is 2. The molecule has 1 unspecified atom stereocenters. The van der Waals surface area contributed by atoms with Crippen LogP contribution in [-0.2, 0) is 9.53 Å². The van der Waals surface area contributed by atoms with E-state index < -0.39 is 11.1 Å². The van der Waals surface area contributed by atoms with Gasteiger partial charge in [0.25, 0.3) is 5.09 Å². The van der Waals surface area contributed by atoms with E-state index in [1.54, 1.807) is 13.8 Å². The average molecular weight is 180 g/mol. The van der Waals surface area contributed by atoms with E-state index in [0.717, 1.165) is 0 Å². The van der Waals surface area contributed by atoms with Crippen LogP contribution in [0.2, 0.25) is 0 Å². The topological polar surface area (TPSA) is 116 Å². The van der Waals surface area contributed by atoms with Gasteiger partial charge in [-0.3, -0.25) is 4.79 Å². The van der Waals surface area contributed by atoms with Crippen LogP contribution in [0, 0.1) is 10.1 Å². The molecule has 0 aliphatic carbocycles. The van der Waals surface area contributed by atoms with Gasteiger partial charge in [-0.05, 0) is 13.8 Å². The molecule has 0 heterocycles. The van der Waals surface area contributed by atoms with Crippen molar-refractivity contribution in [3.05, 3.63) is 10.1 Å². The van der Waals surface area contributed by atoms with Gasteiger partial charge in [0.2, 0.25) is 0 Å². The molecule has 0 bridgehead atoms. The predicted octanol–water partition coefficient (Wildman–Crippen LogP) is -0.451. The third kappa shape index (κ3) is 15.9. The summed E-state index contributed by atoms with van der Waals surface area (Å²) in [5.41, 5.74) is 5.15. The van der Waals surface area contributed by atoms with Gasteiger partial charge in [-0.15, -0.1) is 10.1 Å². The first kappa shape index (κ1) is 13.2. The van der Waals surface area contributed by atoms with Crippen molar-refractivity contribution in [2.45, 2.75) is 19.9 Å². The van der Waals surface area contributed by atoms with Crippen LogP contribution in [0.1, 0.15) is 13.8 Å². The van der Waals surface area contributed by atoms with E-state index in [4.69, 9.17) is 21.1 Å². The van der Waals surface area contributed by atoms with Crippen LogP contribution in [0.5, 0.6) is 0 Å². The number of esters is 1. The molecule has 7 nitrogen and oxygen atoms in total. The van der Waals surface area contributed by atoms with E-state index >= 15 is 0 Å². The largest absolute Gasteiger partial charge is 0.465 e. The second kappa shape index (κ2) is 7.73. The molecule has 0 radical (unpaired) electrons. The standard InChI is InChI=1S/C5H11NO2.HNO3/c1-3-8-5(7)4(2)6;2-1(3)4/h4H,3,6H2,1-2H3;(H,2,3,4). The van der Waals surface area contributed by atoms with Gasteiger partial charge in [0.05, 0.1) is 6.61 Å². The highest BCUT2D eigenvalue weighted by Gasteiger charge is 2.05. The van der Waals surface area contributed by atoms with Gasteiger partial charge in [0, 0.05) is 0 Å². The maximum Gasteiger partial charge on any atom is 0.322 e. The molecular weight excluding hydrogens is 168 g/mol. The molecule has 0 rings (SSSR count). The summed E-state index contributed by atoms with van der Waals surface area (Å²) >= 11 is 0. The lowest BCUT2D eigenvalue weighted by molar-refractivity contribution is -0.742. The summed E-state index contributed by atoms with van der Waals surface area (Å²) in [5, 5.41) is 13.6. The minimum atomic E-state index is -1.50. The lowest BCUT2D eigenvalue weighted by atomic mass is 10.4. The molecule has 0 aliphatic heterocycles. The van der Waals surface area contributed by atoms with Gasteiger partial charge in [-0.25, -0.2) is 0 Å². The van der Waals surface area contributed by atoms with Crippen molar-refractivity contribution >= 4 is 5.97 Å². The Morgan fingerprint density at radius 3 is 2.25 bits per heavy atom. The van der Waals surface area contributed by atoms with Gasteiger partial charge in [0.1, 0.15) is 6.04 Å². The molecular formula is C5H12N2O5. The van der Waals surface area contributed by atoms with E-state index in [1.165, 1.54) is 0 Å². The SMILES string of the molecule is CCOC(=O)C(C)N.O=[N+]([O-])O. The zero-order valence-electron chi connectivity index (χ0n) is 6.89. The van der Waals surface area contributed by atoms with Gasteiger partial charge in [-0.2, -0.15) is 0 Å². The summed E-state index contributed by atoms with van der Waals surface area (Å²) in [5.74, 6) is -0.340. The third-order valence-corrected chi connectivity index (χ3v) is 0.658. The van der Waals surface area contributed by atoms with Crippen LogP contribution >= 0.6 is 0 Å². The number of carbonyl (C=O) groups excluding carboxylic acids is 1. The summed E-state index contributed by atoms with van der Waals surface area (Å²) in [6.07, 6.45) is 0. The van der Waals surface area contributed by atoms with Crippen molar-refractivity contribution in [2.75, 3.05) is 6.61 Å². The second-order valence-electron chi connectivity index (χ2n) is 1.78. The highest BCUT2D eigenvalue weighted by atomic mass is 16.9. The van der Waals surface area contributed by atoms with Crippen LogP contribution in [0.4, 0.5) is 0 Å². The number of hydrogen-bond acceptors (Lipinski definition) is 5. The summed E-state index contributed by atoms with van der Waals surface area (Å²) in [7, 11) is 0. The van der Waals surface area contributed by atoms with Gasteiger partial charge in [0.15, 0.2) is 0 Å². The first-order valence-corrected chi connectivity index (χ1v) is 3.17. The quantitative estimate of drug-likeness (QED) is 0.337. The highest BCUT2D eigenvalue weighted by Crippen LogP contribution is 1.80. The van der Waals surface area contributed by atoms with E-state index in [1.807, 2.05) is 0 Å². The molecule has 0 spiro atoms. The molecule has 0 saturated heterocycles. The van der Waals surface area contributed by atoms with Crippen molar-refractivity contribution in [2.24, 2.45) is 5.73 Å². The van der Waals surface area contributed by atoms with Gasteiger partial charge in [-0.1, -0.05) is 0 Å². The second-order valence-corrected chi connectivity index (χ2v) is 1.78. The predicted molar refractivity (Wildman–Crippen MR) is 39.1 cm³/mol. The van der Waals surface area contributed by atoms with Crippen molar-refractivity contribution < 1.29 is 19.8 Å². The van der Waals surface area contributed by atoms with Crippen LogP contribution in [0.15, 0.2) is 0 Å². The average Bonchev–Trinajstić information content (AvgIpc) is 1.86. The molecule has 0 fully saturated rings. The molecule has 0 aromatic heterocycles. The van der Waals surface area contributed by atoms with Crippen LogP contribution < -0.4 is 5.73 Å². The molecule has 72 valence electrons. The summed E-state index contributed by atoms with van der Waals surface area (Å²) in [4.78, 5) is 18.8. The minimum Gasteiger partial charge on any atom is -0.465 e. The lowest BCUT2D eigenvalue weighted by Crippen LogP contribution is -2.28. The molecule has 3 N–H and O–H groups in total. The first-order valence-electron chi connectivity index (χ1n) is 3.17. The molecule has 0 aromatic carbocycles. The normalized spacial score (nSPS) is 10.6. The fraction of sp³-hybridized carbons (Fsp3) is 0.800. The monoisotopic (exact) mass is 180 g/mol. The summed E-state index contributed by atoms with van der Waals surface area (Å²) < 4.78 is 4.54. The van der Waals surface area contributed by atoms with Crippen molar-refractivity contribution in [3.63, 3.8) is 0 Å². The smallest absolute Gasteiger partial charge is 0.322 e. The number of ether oxygens (including phenoxy) is 1. The van der Waals surface area contributed by atoms with Crippen LogP contribution in [0.25, 0.3) is 0 Å². The van der Waals surface area contributed by atoms with Crippen molar-refractivity contribution in [1.29, 1.82) is 0 Å². The fourth-order valence-electron chi connectivity index (χ4n) is 0.274. The number of carbonyl (C=O) groups is 1. The Kier molecular flexibility index (Phi) is 8.53. The highest BCUT2D eigenvalue weighted by molar-refractivity contribution is 5.74. The van der Waals surface area contributed by atoms with E-state index in [0.29, 0.717) is 6.61 Å². The molecule has 0 saturated carbocycles. The Morgan fingerprint density at radius 1 is 1.83 bits per heavy atom.